The average molecular weight is 406 g/mol. The van der Waals surface area contributed by atoms with Crippen LogP contribution in [0.15, 0.2) is 42.7 Å². The number of rotatable bonds is 7. The van der Waals surface area contributed by atoms with E-state index in [-0.39, 0.29) is 12.7 Å². The van der Waals surface area contributed by atoms with Crippen molar-refractivity contribution in [3.63, 3.8) is 0 Å². The van der Waals surface area contributed by atoms with Gasteiger partial charge in [-0.2, -0.15) is 0 Å². The number of nitrogens with zero attached hydrogens (tertiary/aromatic N) is 4. The van der Waals surface area contributed by atoms with E-state index in [0.29, 0.717) is 36.2 Å². The predicted octanol–water partition coefficient (Wildman–Crippen LogP) is 2.25. The van der Waals surface area contributed by atoms with Crippen LogP contribution in [0.25, 0.3) is 11.9 Å². The van der Waals surface area contributed by atoms with Gasteiger partial charge in [0.15, 0.2) is 11.5 Å². The average Bonchev–Trinajstić information content (AvgIpc) is 3.37. The molecule has 0 spiro atoms. The van der Waals surface area contributed by atoms with E-state index >= 15 is 0 Å². The highest BCUT2D eigenvalue weighted by Crippen LogP contribution is 2.32. The normalized spacial score (nSPS) is 12.3. The molecule has 9 heteroatoms. The minimum atomic E-state index is -0.178. The number of amides is 1. The van der Waals surface area contributed by atoms with E-state index in [4.69, 9.17) is 9.47 Å². The van der Waals surface area contributed by atoms with Crippen molar-refractivity contribution in [3.8, 4) is 17.3 Å². The summed E-state index contributed by atoms with van der Waals surface area (Å²) in [5.74, 6) is 4.16. The molecule has 0 fully saturated rings. The fourth-order valence-corrected chi connectivity index (χ4v) is 3.01. The summed E-state index contributed by atoms with van der Waals surface area (Å²) in [5.41, 5.74) is 0.867. The molecule has 0 bridgehead atoms. The van der Waals surface area contributed by atoms with Crippen LogP contribution in [-0.2, 0) is 4.79 Å². The quantitative estimate of drug-likeness (QED) is 0.458. The molecule has 0 aliphatic carbocycles. The second kappa shape index (κ2) is 8.64. The van der Waals surface area contributed by atoms with Gasteiger partial charge in [0.2, 0.25) is 12.7 Å². The zero-order chi connectivity index (χ0) is 20.9. The minimum absolute atomic E-state index is 0.178. The smallest absolute Gasteiger partial charge is 0.244 e. The van der Waals surface area contributed by atoms with Gasteiger partial charge < -0.3 is 20.1 Å². The van der Waals surface area contributed by atoms with Crippen molar-refractivity contribution in [1.29, 1.82) is 0 Å². The monoisotopic (exact) mass is 406 g/mol. The largest absolute Gasteiger partial charge is 0.454 e. The number of aromatic nitrogens is 4. The molecule has 4 rings (SSSR count). The molecule has 1 aliphatic rings. The Morgan fingerprint density at radius 3 is 2.87 bits per heavy atom. The van der Waals surface area contributed by atoms with Crippen LogP contribution in [0.2, 0.25) is 0 Å². The van der Waals surface area contributed by atoms with Crippen LogP contribution in [0.1, 0.15) is 17.2 Å². The van der Waals surface area contributed by atoms with E-state index in [2.05, 4.69) is 25.6 Å². The van der Waals surface area contributed by atoms with E-state index in [0.717, 1.165) is 17.2 Å². The number of carbonyl (C=O) groups is 1. The number of anilines is 1. The maximum atomic E-state index is 12.0. The van der Waals surface area contributed by atoms with Gasteiger partial charge in [0, 0.05) is 37.6 Å². The maximum absolute atomic E-state index is 12.0. The molecular weight excluding hydrogens is 384 g/mol. The number of aryl methyl sites for hydroxylation is 2. The summed E-state index contributed by atoms with van der Waals surface area (Å²) < 4.78 is 12.5. The molecule has 30 heavy (non-hydrogen) atoms. The Kier molecular flexibility index (Phi) is 5.60. The van der Waals surface area contributed by atoms with Gasteiger partial charge in [0.05, 0.1) is 0 Å². The summed E-state index contributed by atoms with van der Waals surface area (Å²) in [4.78, 5) is 25.1. The summed E-state index contributed by atoms with van der Waals surface area (Å²) in [6, 6.07) is 7.39. The van der Waals surface area contributed by atoms with Crippen molar-refractivity contribution in [2.75, 3.05) is 25.2 Å². The molecule has 2 N–H and O–H groups in total. The van der Waals surface area contributed by atoms with Crippen LogP contribution in [-0.4, -0.2) is 45.3 Å². The Hall–Kier alpha value is -3.88. The van der Waals surface area contributed by atoms with Crippen LogP contribution < -0.4 is 20.1 Å². The molecule has 1 aromatic carbocycles. The number of benzene rings is 1. The van der Waals surface area contributed by atoms with Gasteiger partial charge in [-0.15, -0.1) is 0 Å². The first-order valence-corrected chi connectivity index (χ1v) is 9.54. The van der Waals surface area contributed by atoms with Crippen molar-refractivity contribution >= 4 is 17.8 Å². The number of hydrogen-bond acceptors (Lipinski definition) is 7. The van der Waals surface area contributed by atoms with Crippen LogP contribution in [0.5, 0.6) is 11.5 Å². The van der Waals surface area contributed by atoms with Gasteiger partial charge >= 0.3 is 0 Å². The van der Waals surface area contributed by atoms with Crippen LogP contribution in [0, 0.1) is 13.8 Å². The number of nitrogens with one attached hydrogen (secondary N) is 2. The highest BCUT2D eigenvalue weighted by Gasteiger charge is 2.12. The molecule has 9 nitrogen and oxygen atoms in total. The first-order chi connectivity index (χ1) is 14.6. The lowest BCUT2D eigenvalue weighted by molar-refractivity contribution is -0.116. The van der Waals surface area contributed by atoms with E-state index < -0.39 is 0 Å². The highest BCUT2D eigenvalue weighted by atomic mass is 16.7. The van der Waals surface area contributed by atoms with Crippen molar-refractivity contribution < 1.29 is 14.3 Å². The minimum Gasteiger partial charge on any atom is -0.454 e. The Balaban J connectivity index is 1.27. The predicted molar refractivity (Wildman–Crippen MR) is 112 cm³/mol. The first-order valence-electron chi connectivity index (χ1n) is 9.54. The molecule has 3 heterocycles. The summed E-state index contributed by atoms with van der Waals surface area (Å²) in [7, 11) is 0. The second-order valence-electron chi connectivity index (χ2n) is 6.67. The molecule has 1 aliphatic heterocycles. The van der Waals surface area contributed by atoms with Crippen molar-refractivity contribution in [3.05, 3.63) is 59.9 Å². The Morgan fingerprint density at radius 1 is 1.17 bits per heavy atom. The van der Waals surface area contributed by atoms with Gasteiger partial charge in [0.25, 0.3) is 0 Å². The summed E-state index contributed by atoms with van der Waals surface area (Å²) in [6.07, 6.45) is 6.81. The molecule has 1 amide bonds. The molecule has 0 saturated carbocycles. The van der Waals surface area contributed by atoms with Gasteiger partial charge in [-0.3, -0.25) is 9.36 Å². The van der Waals surface area contributed by atoms with Crippen molar-refractivity contribution in [2.24, 2.45) is 0 Å². The van der Waals surface area contributed by atoms with Gasteiger partial charge in [-0.1, -0.05) is 6.07 Å². The van der Waals surface area contributed by atoms with Crippen LogP contribution in [0.4, 0.5) is 5.82 Å². The van der Waals surface area contributed by atoms with Crippen molar-refractivity contribution in [2.45, 2.75) is 13.8 Å². The third kappa shape index (κ3) is 4.57. The molecule has 154 valence electrons. The van der Waals surface area contributed by atoms with Gasteiger partial charge in [-0.25, -0.2) is 15.0 Å². The molecule has 0 radical (unpaired) electrons. The SMILES string of the molecule is Cc1nc(NCCNC(=O)/C=C/c2ccc3c(c2)OCO3)cc(-n2ccnc2C)n1. The van der Waals surface area contributed by atoms with Crippen molar-refractivity contribution in [1.82, 2.24) is 24.8 Å². The van der Waals surface area contributed by atoms with Crippen LogP contribution in [0.3, 0.4) is 0 Å². The Labute approximate surface area is 173 Å². The third-order valence-electron chi connectivity index (χ3n) is 4.45. The van der Waals surface area contributed by atoms with Gasteiger partial charge in [-0.05, 0) is 37.6 Å². The van der Waals surface area contributed by atoms with Gasteiger partial charge in [0.1, 0.15) is 23.3 Å². The van der Waals surface area contributed by atoms with E-state index in [1.165, 1.54) is 6.08 Å². The number of ether oxygens (including phenoxy) is 2. The standard InChI is InChI=1S/C21H22N6O3/c1-14-25-19(12-20(26-14)27-10-9-22-15(27)2)23-7-8-24-21(28)6-4-16-3-5-17-18(11-16)30-13-29-17/h3-6,9-12H,7-8,13H2,1-2H3,(H,24,28)(H,23,25,26)/b6-4+. The summed E-state index contributed by atoms with van der Waals surface area (Å²) in [5, 5.41) is 6.05. The zero-order valence-electron chi connectivity index (χ0n) is 16.8. The van der Waals surface area contributed by atoms with Crippen LogP contribution >= 0.6 is 0 Å². The molecule has 0 unspecified atom stereocenters. The fraction of sp³-hybridized carbons (Fsp3) is 0.238. The Bertz CT molecular complexity index is 1090. The lowest BCUT2D eigenvalue weighted by atomic mass is 10.2. The molecule has 3 aromatic rings. The second-order valence-corrected chi connectivity index (χ2v) is 6.67. The third-order valence-corrected chi connectivity index (χ3v) is 4.45. The number of carbonyl (C=O) groups excluding carboxylic acids is 1. The van der Waals surface area contributed by atoms with E-state index in [1.807, 2.05) is 48.9 Å². The molecule has 0 atom stereocenters. The molecule has 2 aromatic heterocycles. The summed E-state index contributed by atoms with van der Waals surface area (Å²) >= 11 is 0. The van der Waals surface area contributed by atoms with E-state index in [9.17, 15) is 4.79 Å². The highest BCUT2D eigenvalue weighted by molar-refractivity contribution is 5.91. The number of fused-ring (bicyclic) bond motifs is 1. The Morgan fingerprint density at radius 2 is 2.03 bits per heavy atom. The number of hydrogen-bond donors (Lipinski definition) is 2. The fourth-order valence-electron chi connectivity index (χ4n) is 3.01. The summed E-state index contributed by atoms with van der Waals surface area (Å²) in [6.45, 7) is 4.96. The zero-order valence-corrected chi connectivity index (χ0v) is 16.8. The molecule has 0 saturated heterocycles. The first kappa shape index (κ1) is 19.4. The lowest BCUT2D eigenvalue weighted by Crippen LogP contribution is -2.27. The lowest BCUT2D eigenvalue weighted by Gasteiger charge is -2.10. The maximum Gasteiger partial charge on any atom is 0.244 e. The topological polar surface area (TPSA) is 103 Å². The molecular formula is C21H22N6O3. The van der Waals surface area contributed by atoms with E-state index in [1.54, 1.807) is 12.3 Å². The number of imidazole rings is 1.